The molecule has 0 spiro atoms. The fraction of sp³-hybridized carbons (Fsp3) is 0.429. The van der Waals surface area contributed by atoms with Crippen LogP contribution in [0.1, 0.15) is 41.0 Å². The van der Waals surface area contributed by atoms with Gasteiger partial charge in [-0.15, -0.1) is 0 Å². The number of carbonyl (C=O) groups excluding carboxylic acids is 2. The Balaban J connectivity index is 2.38. The molecule has 1 saturated heterocycles. The number of ketones is 2. The molecule has 0 aromatic carbocycles. The van der Waals surface area contributed by atoms with Crippen LogP contribution in [-0.2, 0) is 14.3 Å². The molecule has 1 saturated carbocycles. The van der Waals surface area contributed by atoms with E-state index in [4.69, 9.17) is 9.84 Å². The first-order valence-electron chi connectivity index (χ1n) is 11.9. The number of aliphatic hydroxyl groups excluding tert-OH is 4. The van der Waals surface area contributed by atoms with Crippen molar-refractivity contribution >= 4 is 11.6 Å². The van der Waals surface area contributed by atoms with Gasteiger partial charge in [0.2, 0.25) is 5.79 Å². The second kappa shape index (κ2) is 9.57. The molecule has 0 aromatic heterocycles. The fourth-order valence-electron chi connectivity index (χ4n) is 5.80. The fourth-order valence-corrected chi connectivity index (χ4v) is 5.80. The number of aliphatic hydroxyl groups is 6. The van der Waals surface area contributed by atoms with Gasteiger partial charge in [-0.05, 0) is 46.8 Å². The maximum Gasteiger partial charge on any atom is 0.209 e. The van der Waals surface area contributed by atoms with Crippen LogP contribution in [0.2, 0.25) is 0 Å². The molecule has 37 heavy (non-hydrogen) atoms. The smallest absolute Gasteiger partial charge is 0.209 e. The topological polar surface area (TPSA) is 165 Å². The second-order valence-electron chi connectivity index (χ2n) is 10.1. The van der Waals surface area contributed by atoms with E-state index in [1.807, 2.05) is 0 Å². The van der Waals surface area contributed by atoms with Crippen LogP contribution < -0.4 is 0 Å². The first kappa shape index (κ1) is 28.3. The molecule has 1 heterocycles. The van der Waals surface area contributed by atoms with Gasteiger partial charge in [0.15, 0.2) is 11.6 Å². The third-order valence-corrected chi connectivity index (χ3v) is 7.63. The standard InChI is InChI=1S/C28H34O9/c1-6-7-9-12-18(30)17-15-25(3,35)28(36)26(4,24(17)34)22-20(19(31)13-10-8-11-14-29)21(32)16(2)23(33)27(22,5)37-28/h6-13,22,29-32,35-36H,14-15H2,1-5H3/b7-6+,11-8+,12-9+,13-10+,18-17?,20-19?/t22-,25+,26-,27+,28+/m1/s1. The van der Waals surface area contributed by atoms with Crippen LogP contribution in [0.15, 0.2) is 82.6 Å². The highest BCUT2D eigenvalue weighted by atomic mass is 16.7. The van der Waals surface area contributed by atoms with Crippen LogP contribution in [0, 0.1) is 11.3 Å². The number of hydrogen-bond acceptors (Lipinski definition) is 9. The van der Waals surface area contributed by atoms with Gasteiger partial charge in [-0.25, -0.2) is 0 Å². The van der Waals surface area contributed by atoms with Gasteiger partial charge < -0.3 is 35.4 Å². The Kier molecular flexibility index (Phi) is 7.33. The van der Waals surface area contributed by atoms with Crippen molar-refractivity contribution in [2.75, 3.05) is 6.61 Å². The Morgan fingerprint density at radius 1 is 1.00 bits per heavy atom. The van der Waals surface area contributed by atoms with E-state index in [1.165, 1.54) is 64.2 Å². The molecule has 0 unspecified atom stereocenters. The molecule has 2 aliphatic carbocycles. The minimum atomic E-state index is -2.64. The van der Waals surface area contributed by atoms with Crippen LogP contribution in [0.3, 0.4) is 0 Å². The highest BCUT2D eigenvalue weighted by molar-refractivity contribution is 6.09. The zero-order chi connectivity index (χ0) is 28.0. The maximum atomic E-state index is 14.1. The molecular weight excluding hydrogens is 480 g/mol. The van der Waals surface area contributed by atoms with Crippen molar-refractivity contribution in [3.05, 3.63) is 82.6 Å². The molecule has 2 fully saturated rings. The Morgan fingerprint density at radius 3 is 2.19 bits per heavy atom. The average molecular weight is 515 g/mol. The molecule has 3 aliphatic rings. The van der Waals surface area contributed by atoms with Gasteiger partial charge in [0.1, 0.15) is 28.5 Å². The minimum absolute atomic E-state index is 0.162. The summed E-state index contributed by atoms with van der Waals surface area (Å²) in [5.41, 5.74) is -6.87. The lowest BCUT2D eigenvalue weighted by Gasteiger charge is -2.51. The summed E-state index contributed by atoms with van der Waals surface area (Å²) in [6.07, 6.45) is 11.0. The number of hydrogen-bond donors (Lipinski definition) is 6. The van der Waals surface area contributed by atoms with E-state index >= 15 is 0 Å². The van der Waals surface area contributed by atoms with Crippen LogP contribution in [0.5, 0.6) is 0 Å². The van der Waals surface area contributed by atoms with Gasteiger partial charge in [-0.1, -0.05) is 36.5 Å². The number of fused-ring (bicyclic) bond motifs is 3. The van der Waals surface area contributed by atoms with Crippen LogP contribution >= 0.6 is 0 Å². The molecule has 1 aliphatic heterocycles. The van der Waals surface area contributed by atoms with Crippen LogP contribution in [-0.4, -0.2) is 65.8 Å². The molecule has 9 heteroatoms. The van der Waals surface area contributed by atoms with Gasteiger partial charge >= 0.3 is 0 Å². The third-order valence-electron chi connectivity index (χ3n) is 7.63. The van der Waals surface area contributed by atoms with E-state index in [0.29, 0.717) is 0 Å². The summed E-state index contributed by atoms with van der Waals surface area (Å²) in [7, 11) is 0. The van der Waals surface area contributed by atoms with Gasteiger partial charge in [0.05, 0.1) is 12.0 Å². The Labute approximate surface area is 215 Å². The number of ether oxygens (including phenoxy) is 1. The number of Topliss-reactive ketones (excluding diaryl/α,β-unsaturated/α-hetero) is 2. The maximum absolute atomic E-state index is 14.1. The van der Waals surface area contributed by atoms with Crippen LogP contribution in [0.25, 0.3) is 0 Å². The van der Waals surface area contributed by atoms with E-state index in [-0.39, 0.29) is 23.3 Å². The van der Waals surface area contributed by atoms with E-state index in [2.05, 4.69) is 0 Å². The van der Waals surface area contributed by atoms with Crippen molar-refractivity contribution in [3.63, 3.8) is 0 Å². The lowest BCUT2D eigenvalue weighted by molar-refractivity contribution is -0.326. The molecule has 0 radical (unpaired) electrons. The SMILES string of the molecule is C/C=C/C=C/C(O)=C1C[C@](C)(O)[C@]2(O)O[C@]3(C)C(=O)C(C)=C(O)C(=C(O)/C=C/C=C/CO)[C@@H]3[C@]2(C)C1=O. The largest absolute Gasteiger partial charge is 0.508 e. The molecule has 5 atom stereocenters. The lowest BCUT2D eigenvalue weighted by Crippen LogP contribution is -2.68. The molecular formula is C28H34O9. The highest BCUT2D eigenvalue weighted by Crippen LogP contribution is 2.67. The van der Waals surface area contributed by atoms with Crippen molar-refractivity contribution < 1.29 is 45.0 Å². The van der Waals surface area contributed by atoms with Crippen molar-refractivity contribution in [2.24, 2.45) is 11.3 Å². The highest BCUT2D eigenvalue weighted by Gasteiger charge is 2.81. The van der Waals surface area contributed by atoms with E-state index in [0.717, 1.165) is 0 Å². The van der Waals surface area contributed by atoms with Gasteiger partial charge in [-0.2, -0.15) is 0 Å². The molecule has 0 amide bonds. The van der Waals surface area contributed by atoms with Crippen molar-refractivity contribution in [3.8, 4) is 0 Å². The third kappa shape index (κ3) is 3.93. The zero-order valence-electron chi connectivity index (χ0n) is 21.5. The normalized spacial score (nSPS) is 39.4. The van der Waals surface area contributed by atoms with Gasteiger partial charge in [0, 0.05) is 29.1 Å². The molecule has 0 aromatic rings. The summed E-state index contributed by atoms with van der Waals surface area (Å²) in [5.74, 6) is -7.19. The van der Waals surface area contributed by atoms with Crippen molar-refractivity contribution in [1.82, 2.24) is 0 Å². The monoisotopic (exact) mass is 514 g/mol. The summed E-state index contributed by atoms with van der Waals surface area (Å²) in [6.45, 7) is 6.69. The van der Waals surface area contributed by atoms with Crippen molar-refractivity contribution in [2.45, 2.75) is 58.0 Å². The number of carbonyl (C=O) groups is 2. The molecule has 6 N–H and O–H groups in total. The summed E-state index contributed by atoms with van der Waals surface area (Å²) >= 11 is 0. The predicted molar refractivity (Wildman–Crippen MR) is 135 cm³/mol. The summed E-state index contributed by atoms with van der Waals surface area (Å²) in [5, 5.41) is 65.1. The minimum Gasteiger partial charge on any atom is -0.508 e. The van der Waals surface area contributed by atoms with Crippen LogP contribution in [0.4, 0.5) is 0 Å². The Morgan fingerprint density at radius 2 is 1.59 bits per heavy atom. The van der Waals surface area contributed by atoms with Gasteiger partial charge in [-0.3, -0.25) is 9.59 Å². The number of rotatable bonds is 5. The molecule has 3 rings (SSSR count). The quantitative estimate of drug-likeness (QED) is 0.184. The van der Waals surface area contributed by atoms with E-state index in [1.54, 1.807) is 19.1 Å². The second-order valence-corrected chi connectivity index (χ2v) is 10.1. The lowest BCUT2D eigenvalue weighted by atomic mass is 9.52. The summed E-state index contributed by atoms with van der Waals surface area (Å²) < 4.78 is 5.95. The Bertz CT molecular complexity index is 1230. The Hall–Kier alpha value is -3.24. The summed E-state index contributed by atoms with van der Waals surface area (Å²) in [6, 6.07) is 0. The predicted octanol–water partition coefficient (Wildman–Crippen LogP) is 3.09. The van der Waals surface area contributed by atoms with Gasteiger partial charge in [0.25, 0.3) is 0 Å². The first-order chi connectivity index (χ1) is 17.2. The first-order valence-corrected chi connectivity index (χ1v) is 11.9. The number of allylic oxidation sites excluding steroid dienone is 8. The molecule has 9 nitrogen and oxygen atoms in total. The molecule has 0 bridgehead atoms. The zero-order valence-corrected chi connectivity index (χ0v) is 21.5. The van der Waals surface area contributed by atoms with E-state index < -0.39 is 63.6 Å². The van der Waals surface area contributed by atoms with Crippen molar-refractivity contribution in [1.29, 1.82) is 0 Å². The van der Waals surface area contributed by atoms with E-state index in [9.17, 15) is 35.1 Å². The average Bonchev–Trinajstić information content (AvgIpc) is 3.04. The summed E-state index contributed by atoms with van der Waals surface area (Å²) in [4.78, 5) is 27.5. The molecule has 200 valence electrons.